The molecular formula is C21H36O. The molecule has 0 aromatic rings. The van der Waals surface area contributed by atoms with E-state index in [9.17, 15) is 5.11 Å². The van der Waals surface area contributed by atoms with E-state index in [1.165, 1.54) is 51.4 Å². The lowest BCUT2D eigenvalue weighted by atomic mass is 9.44. The average Bonchev–Trinajstić information content (AvgIpc) is 2.84. The number of aliphatic hydroxyl groups is 1. The molecule has 1 nitrogen and oxygen atoms in total. The first kappa shape index (κ1) is 15.5. The molecule has 0 aliphatic heterocycles. The maximum atomic E-state index is 10.1. The van der Waals surface area contributed by atoms with E-state index in [1.54, 1.807) is 0 Å². The summed E-state index contributed by atoms with van der Waals surface area (Å²) in [6.45, 7) is 7.68. The highest BCUT2D eigenvalue weighted by molar-refractivity contribution is 5.08. The van der Waals surface area contributed by atoms with Crippen molar-refractivity contribution in [3.8, 4) is 0 Å². The Morgan fingerprint density at radius 3 is 2.36 bits per heavy atom. The van der Waals surface area contributed by atoms with Crippen LogP contribution in [0.2, 0.25) is 0 Å². The molecule has 4 saturated carbocycles. The molecular weight excluding hydrogens is 268 g/mol. The van der Waals surface area contributed by atoms with Crippen LogP contribution in [0.15, 0.2) is 0 Å². The van der Waals surface area contributed by atoms with E-state index >= 15 is 0 Å². The molecule has 22 heavy (non-hydrogen) atoms. The van der Waals surface area contributed by atoms with Crippen molar-refractivity contribution in [1.82, 2.24) is 0 Å². The quantitative estimate of drug-likeness (QED) is 0.686. The topological polar surface area (TPSA) is 20.2 Å². The summed E-state index contributed by atoms with van der Waals surface area (Å²) in [5.41, 5.74) is 1.21. The van der Waals surface area contributed by atoms with Gasteiger partial charge < -0.3 is 5.11 Å². The van der Waals surface area contributed by atoms with Crippen LogP contribution in [0.4, 0.5) is 0 Å². The summed E-state index contributed by atoms with van der Waals surface area (Å²) < 4.78 is 0. The van der Waals surface area contributed by atoms with E-state index < -0.39 is 0 Å². The van der Waals surface area contributed by atoms with Crippen LogP contribution in [0.25, 0.3) is 0 Å². The first-order valence-corrected chi connectivity index (χ1v) is 10.2. The zero-order chi connectivity index (χ0) is 15.5. The molecule has 1 heteroatoms. The van der Waals surface area contributed by atoms with Gasteiger partial charge in [0.25, 0.3) is 0 Å². The normalized spacial score (nSPS) is 57.8. The molecule has 4 rings (SSSR count). The lowest BCUT2D eigenvalue weighted by molar-refractivity contribution is -0.126. The van der Waals surface area contributed by atoms with Gasteiger partial charge in [-0.15, -0.1) is 0 Å². The SMILES string of the molecule is CCC1CCC2C3CCC4CC(O)CC[C@]4(C)[C@H]3CCC12C. The molecule has 8 atom stereocenters. The van der Waals surface area contributed by atoms with Crippen molar-refractivity contribution in [3.05, 3.63) is 0 Å². The van der Waals surface area contributed by atoms with Crippen molar-refractivity contribution in [2.45, 2.75) is 91.1 Å². The van der Waals surface area contributed by atoms with Crippen LogP contribution >= 0.6 is 0 Å². The maximum absolute atomic E-state index is 10.1. The van der Waals surface area contributed by atoms with Gasteiger partial charge in [-0.1, -0.05) is 27.2 Å². The first-order valence-electron chi connectivity index (χ1n) is 10.2. The molecule has 0 spiro atoms. The smallest absolute Gasteiger partial charge is 0.0543 e. The van der Waals surface area contributed by atoms with Crippen molar-refractivity contribution >= 4 is 0 Å². The largest absolute Gasteiger partial charge is 0.393 e. The molecule has 0 saturated heterocycles. The molecule has 0 aromatic carbocycles. The monoisotopic (exact) mass is 304 g/mol. The standard InChI is InChI=1S/C21H36O/c1-4-14-6-8-18-17-7-5-15-13-16(22)9-11-21(15,3)19(17)10-12-20(14,18)2/h14-19,22H,4-13H2,1-3H3/t14?,15?,16?,17?,18?,19-,20?,21-/m0/s1. The second-order valence-corrected chi connectivity index (χ2v) is 9.81. The number of hydrogen-bond acceptors (Lipinski definition) is 1. The fourth-order valence-corrected chi connectivity index (χ4v) is 8.01. The molecule has 6 unspecified atom stereocenters. The summed E-state index contributed by atoms with van der Waals surface area (Å²) in [6, 6.07) is 0. The molecule has 4 aliphatic carbocycles. The Balaban J connectivity index is 1.61. The van der Waals surface area contributed by atoms with E-state index in [0.717, 1.165) is 42.4 Å². The highest BCUT2D eigenvalue weighted by Crippen LogP contribution is 2.67. The van der Waals surface area contributed by atoms with Gasteiger partial charge in [0.05, 0.1) is 6.10 Å². The van der Waals surface area contributed by atoms with Gasteiger partial charge in [0.1, 0.15) is 0 Å². The third-order valence-electron chi connectivity index (χ3n) is 9.33. The second-order valence-electron chi connectivity index (χ2n) is 9.81. The highest BCUT2D eigenvalue weighted by Gasteiger charge is 2.59. The van der Waals surface area contributed by atoms with Gasteiger partial charge in [0.2, 0.25) is 0 Å². The zero-order valence-corrected chi connectivity index (χ0v) is 15.0. The summed E-state index contributed by atoms with van der Waals surface area (Å²) in [4.78, 5) is 0. The fraction of sp³-hybridized carbons (Fsp3) is 1.00. The Morgan fingerprint density at radius 1 is 0.864 bits per heavy atom. The molecule has 4 fully saturated rings. The van der Waals surface area contributed by atoms with Crippen molar-refractivity contribution in [1.29, 1.82) is 0 Å². The molecule has 4 aliphatic rings. The molecule has 0 bridgehead atoms. The minimum Gasteiger partial charge on any atom is -0.393 e. The van der Waals surface area contributed by atoms with Crippen LogP contribution in [-0.4, -0.2) is 11.2 Å². The Bertz CT molecular complexity index is 432. The summed E-state index contributed by atoms with van der Waals surface area (Å²) in [7, 11) is 0. The van der Waals surface area contributed by atoms with Crippen LogP contribution < -0.4 is 0 Å². The Labute approximate surface area is 137 Å². The molecule has 1 N–H and O–H groups in total. The van der Waals surface area contributed by atoms with Crippen molar-refractivity contribution in [2.75, 3.05) is 0 Å². The number of hydrogen-bond donors (Lipinski definition) is 1. The summed E-state index contributed by atoms with van der Waals surface area (Å²) >= 11 is 0. The van der Waals surface area contributed by atoms with Gasteiger partial charge in [-0.05, 0) is 98.2 Å². The number of rotatable bonds is 1. The van der Waals surface area contributed by atoms with Crippen LogP contribution in [0.1, 0.15) is 85.0 Å². The van der Waals surface area contributed by atoms with Crippen LogP contribution in [-0.2, 0) is 0 Å². The van der Waals surface area contributed by atoms with E-state index in [1.807, 2.05) is 0 Å². The minimum absolute atomic E-state index is 0.000524. The van der Waals surface area contributed by atoms with Crippen LogP contribution in [0, 0.1) is 40.4 Å². The Kier molecular flexibility index (Phi) is 3.68. The van der Waals surface area contributed by atoms with E-state index in [0.29, 0.717) is 10.8 Å². The van der Waals surface area contributed by atoms with Crippen molar-refractivity contribution in [2.24, 2.45) is 40.4 Å². The fourth-order valence-electron chi connectivity index (χ4n) is 8.01. The molecule has 0 amide bonds. The van der Waals surface area contributed by atoms with Crippen molar-refractivity contribution in [3.63, 3.8) is 0 Å². The van der Waals surface area contributed by atoms with Crippen LogP contribution in [0.3, 0.4) is 0 Å². The molecule has 0 aromatic heterocycles. The Morgan fingerprint density at radius 2 is 1.59 bits per heavy atom. The summed E-state index contributed by atoms with van der Waals surface area (Å²) in [6.07, 6.45) is 13.7. The Hall–Kier alpha value is -0.0400. The maximum Gasteiger partial charge on any atom is 0.0543 e. The third-order valence-corrected chi connectivity index (χ3v) is 9.33. The number of fused-ring (bicyclic) bond motifs is 5. The van der Waals surface area contributed by atoms with Gasteiger partial charge in [0, 0.05) is 0 Å². The van der Waals surface area contributed by atoms with Gasteiger partial charge in [-0.25, -0.2) is 0 Å². The average molecular weight is 305 g/mol. The number of aliphatic hydroxyl groups excluding tert-OH is 1. The lowest BCUT2D eigenvalue weighted by Crippen LogP contribution is -2.53. The zero-order valence-electron chi connectivity index (χ0n) is 15.0. The lowest BCUT2D eigenvalue weighted by Gasteiger charge is -2.61. The van der Waals surface area contributed by atoms with E-state index in [4.69, 9.17) is 0 Å². The molecule has 0 radical (unpaired) electrons. The third kappa shape index (κ3) is 2.00. The second kappa shape index (κ2) is 5.23. The van der Waals surface area contributed by atoms with Gasteiger partial charge in [0.15, 0.2) is 0 Å². The van der Waals surface area contributed by atoms with Gasteiger partial charge >= 0.3 is 0 Å². The predicted octanol–water partition coefficient (Wildman–Crippen LogP) is 5.42. The van der Waals surface area contributed by atoms with E-state index in [2.05, 4.69) is 20.8 Å². The van der Waals surface area contributed by atoms with E-state index in [-0.39, 0.29) is 6.10 Å². The van der Waals surface area contributed by atoms with Crippen molar-refractivity contribution < 1.29 is 5.11 Å². The minimum atomic E-state index is -0.000524. The highest BCUT2D eigenvalue weighted by atomic mass is 16.3. The molecule has 0 heterocycles. The van der Waals surface area contributed by atoms with Gasteiger partial charge in [-0.3, -0.25) is 0 Å². The van der Waals surface area contributed by atoms with Crippen LogP contribution in [0.5, 0.6) is 0 Å². The van der Waals surface area contributed by atoms with Gasteiger partial charge in [-0.2, -0.15) is 0 Å². The molecule has 126 valence electrons. The predicted molar refractivity (Wildman–Crippen MR) is 91.5 cm³/mol. The first-order chi connectivity index (χ1) is 10.5. The summed E-state index contributed by atoms with van der Waals surface area (Å²) in [5, 5.41) is 10.1. The summed E-state index contributed by atoms with van der Waals surface area (Å²) in [5.74, 6) is 4.79.